The Bertz CT molecular complexity index is 2320. The maximum absolute atomic E-state index is 15.8. The normalized spacial score (nSPS) is 31.2. The van der Waals surface area contributed by atoms with Crippen molar-refractivity contribution in [1.29, 1.82) is 0 Å². The summed E-state index contributed by atoms with van der Waals surface area (Å²) in [4.78, 5) is 84.4. The average molecular weight is 880 g/mol. The molecule has 2 bridgehead atoms. The van der Waals surface area contributed by atoms with Gasteiger partial charge in [-0.25, -0.2) is 9.59 Å². The van der Waals surface area contributed by atoms with Gasteiger partial charge in [-0.3, -0.25) is 19.2 Å². The maximum Gasteiger partial charge on any atom is 0.338 e. The quantitative estimate of drug-likeness (QED) is 0.101. The van der Waals surface area contributed by atoms with Gasteiger partial charge in [0.15, 0.2) is 23.6 Å². The van der Waals surface area contributed by atoms with Crippen LogP contribution in [0.1, 0.15) is 86.7 Å². The van der Waals surface area contributed by atoms with Crippen LogP contribution in [0.2, 0.25) is 6.82 Å². The van der Waals surface area contributed by atoms with E-state index in [1.165, 1.54) is 19.1 Å². The number of nitrogens with one attached hydrogen (secondary N) is 1. The van der Waals surface area contributed by atoms with E-state index in [0.717, 1.165) is 6.92 Å². The van der Waals surface area contributed by atoms with Crippen molar-refractivity contribution in [2.75, 3.05) is 6.61 Å². The van der Waals surface area contributed by atoms with Crippen LogP contribution in [-0.2, 0) is 47.5 Å². The molecule has 4 aliphatic rings. The van der Waals surface area contributed by atoms with E-state index in [-0.39, 0.29) is 42.8 Å². The zero-order valence-corrected chi connectivity index (χ0v) is 36.9. The van der Waals surface area contributed by atoms with Crippen LogP contribution in [0, 0.1) is 16.7 Å². The van der Waals surface area contributed by atoms with E-state index in [9.17, 15) is 34.2 Å². The summed E-state index contributed by atoms with van der Waals surface area (Å²) >= 11 is 0. The van der Waals surface area contributed by atoms with E-state index < -0.39 is 113 Å². The molecule has 16 heteroatoms. The lowest BCUT2D eigenvalue weighted by Gasteiger charge is -2.68. The third-order valence-corrected chi connectivity index (χ3v) is 13.8. The molecular formula is C48H54BNO14. The van der Waals surface area contributed by atoms with Crippen molar-refractivity contribution in [1.82, 2.24) is 5.32 Å². The number of carbonyl (C=O) groups is 6. The van der Waals surface area contributed by atoms with Crippen molar-refractivity contribution in [3.05, 3.63) is 119 Å². The molecule has 15 nitrogen and oxygen atoms in total. The fraction of sp³-hybridized carbons (Fsp3) is 0.458. The zero-order chi connectivity index (χ0) is 46.4. The SMILES string of the molecule is CBO[C@H]1C[C@H]2OC[C@@]2(OC(C)=O)[C@H]2[C@H](OC(=O)c3ccccc3)[C@]3(O)C[C@H](OC(=O)[C@H](O)[C@@H](NC(=O)c4ccccc4)c4ccccc4)C(C)=C([C@@H](OC(C)=O)C(=O)[C@]12C)C3(C)C. The van der Waals surface area contributed by atoms with E-state index >= 15 is 4.79 Å². The first-order valence-corrected chi connectivity index (χ1v) is 21.4. The second-order valence-electron chi connectivity index (χ2n) is 17.8. The molecule has 0 aromatic heterocycles. The fourth-order valence-electron chi connectivity index (χ4n) is 10.6. The monoisotopic (exact) mass is 879 g/mol. The highest BCUT2D eigenvalue weighted by molar-refractivity contribution is 6.25. The third kappa shape index (κ3) is 7.84. The number of Topliss-reactive ketones (excluding diaryl/α,β-unsaturated/α-hetero) is 1. The van der Waals surface area contributed by atoms with Crippen molar-refractivity contribution in [3.8, 4) is 0 Å². The molecule has 1 saturated heterocycles. The summed E-state index contributed by atoms with van der Waals surface area (Å²) in [5, 5.41) is 28.4. The van der Waals surface area contributed by atoms with E-state index in [1.54, 1.807) is 113 Å². The number of hydrogen-bond donors (Lipinski definition) is 3. The topological polar surface area (TPSA) is 210 Å². The largest absolute Gasteiger partial charge is 0.456 e. The summed E-state index contributed by atoms with van der Waals surface area (Å²) in [6.45, 7) is 10.2. The molecule has 3 aromatic carbocycles. The van der Waals surface area contributed by atoms with Gasteiger partial charge in [-0.1, -0.05) is 87.4 Å². The van der Waals surface area contributed by atoms with Crippen LogP contribution < -0.4 is 5.32 Å². The van der Waals surface area contributed by atoms with Crippen LogP contribution >= 0.6 is 0 Å². The molecule has 3 aromatic rings. The zero-order valence-electron chi connectivity index (χ0n) is 36.9. The molecule has 2 saturated carbocycles. The van der Waals surface area contributed by atoms with Crippen molar-refractivity contribution >= 4 is 43.0 Å². The number of fused-ring (bicyclic) bond motifs is 5. The van der Waals surface area contributed by atoms with Crippen LogP contribution in [-0.4, -0.2) is 108 Å². The second-order valence-corrected chi connectivity index (χ2v) is 17.8. The molecule has 0 unspecified atom stereocenters. The molecule has 338 valence electrons. The van der Waals surface area contributed by atoms with Gasteiger partial charge in [0.1, 0.15) is 23.9 Å². The Labute approximate surface area is 372 Å². The molecule has 3 fully saturated rings. The van der Waals surface area contributed by atoms with Crippen LogP contribution in [0.3, 0.4) is 0 Å². The minimum Gasteiger partial charge on any atom is -0.456 e. The smallest absolute Gasteiger partial charge is 0.338 e. The van der Waals surface area contributed by atoms with Gasteiger partial charge >= 0.3 is 23.9 Å². The Balaban J connectivity index is 1.41. The number of ketones is 1. The average Bonchev–Trinajstić information content (AvgIpc) is 3.26. The van der Waals surface area contributed by atoms with E-state index in [0.29, 0.717) is 5.56 Å². The lowest BCUT2D eigenvalue weighted by Crippen LogP contribution is -2.82. The lowest BCUT2D eigenvalue weighted by atomic mass is 9.44. The number of esters is 4. The summed E-state index contributed by atoms with van der Waals surface area (Å²) in [5.41, 5.74) is -6.44. The summed E-state index contributed by atoms with van der Waals surface area (Å²) in [7, 11) is 0.119. The molecule has 1 amide bonds. The molecule has 1 aliphatic heterocycles. The molecule has 0 radical (unpaired) electrons. The number of aliphatic hydroxyl groups is 2. The predicted octanol–water partition coefficient (Wildman–Crippen LogP) is 4.16. The van der Waals surface area contributed by atoms with Crippen molar-refractivity contribution in [2.45, 2.75) is 115 Å². The van der Waals surface area contributed by atoms with Gasteiger partial charge < -0.3 is 43.9 Å². The number of hydrogen-bond acceptors (Lipinski definition) is 14. The number of benzene rings is 3. The number of amides is 1. The van der Waals surface area contributed by atoms with Crippen molar-refractivity contribution in [3.63, 3.8) is 0 Å². The molecule has 1 heterocycles. The predicted molar refractivity (Wildman–Crippen MR) is 230 cm³/mol. The number of rotatable bonds is 12. The molecule has 3 aliphatic carbocycles. The van der Waals surface area contributed by atoms with Crippen LogP contribution in [0.25, 0.3) is 0 Å². The summed E-state index contributed by atoms with van der Waals surface area (Å²) < 4.78 is 37.2. The Morgan fingerprint density at radius 3 is 1.98 bits per heavy atom. The number of carbonyl (C=O) groups excluding carboxylic acids is 6. The van der Waals surface area contributed by atoms with Gasteiger partial charge in [0.05, 0.1) is 35.6 Å². The lowest BCUT2D eigenvalue weighted by molar-refractivity contribution is -0.344. The van der Waals surface area contributed by atoms with Crippen LogP contribution in [0.15, 0.2) is 102 Å². The maximum atomic E-state index is 15.8. The molecule has 0 spiro atoms. The Morgan fingerprint density at radius 2 is 1.44 bits per heavy atom. The molecule has 11 atom stereocenters. The highest BCUT2D eigenvalue weighted by atomic mass is 16.6. The minimum atomic E-state index is -2.34. The molecule has 3 N–H and O–H groups in total. The summed E-state index contributed by atoms with van der Waals surface area (Å²) in [6, 6.07) is 23.2. The number of ether oxygens (including phenoxy) is 5. The van der Waals surface area contributed by atoms with Crippen LogP contribution in [0.4, 0.5) is 0 Å². The van der Waals surface area contributed by atoms with E-state index in [2.05, 4.69) is 5.32 Å². The summed E-state index contributed by atoms with van der Waals surface area (Å²) in [6.07, 6.45) is -9.30. The minimum absolute atomic E-state index is 0.0490. The Hall–Kier alpha value is -5.68. The number of aliphatic hydroxyl groups excluding tert-OH is 1. The van der Waals surface area contributed by atoms with Gasteiger partial charge in [0, 0.05) is 37.7 Å². The first-order chi connectivity index (χ1) is 30.3. The highest BCUT2D eigenvalue weighted by Crippen LogP contribution is 2.65. The van der Waals surface area contributed by atoms with Crippen LogP contribution in [0.5, 0.6) is 0 Å². The molecule has 64 heavy (non-hydrogen) atoms. The Morgan fingerprint density at radius 1 is 0.844 bits per heavy atom. The van der Waals surface area contributed by atoms with Crippen molar-refractivity contribution in [2.24, 2.45) is 16.7 Å². The second kappa shape index (κ2) is 17.7. The Kier molecular flexibility index (Phi) is 12.8. The van der Waals surface area contributed by atoms with Gasteiger partial charge in [-0.05, 0) is 54.8 Å². The van der Waals surface area contributed by atoms with Gasteiger partial charge in [0.25, 0.3) is 13.4 Å². The summed E-state index contributed by atoms with van der Waals surface area (Å²) in [5.74, 6) is -6.37. The highest BCUT2D eigenvalue weighted by Gasteiger charge is 2.78. The van der Waals surface area contributed by atoms with E-state index in [4.69, 9.17) is 28.3 Å². The first kappa shape index (κ1) is 46.3. The standard InChI is InChI=1S/C48H54BNO14/c1-26-32(61-44(57)37(53)36(29-17-11-8-12-18-29)50-42(55)30-19-13-9-14-20-30)24-48(58)41(62-43(56)31-21-15-10-16-22-31)39-46(6,40(54)38(60-27(2)51)35(26)45(48,4)5)33(64-49-7)23-34-47(39,25-59-34)63-28(3)52/h8-22,32-34,36-39,41,49,53,58H,23-25H2,1-7H3,(H,50,55)/t32-,33-,34+,36-,37+,38+,39-,41-,46+,47-,48+/m0/s1. The van der Waals surface area contributed by atoms with Crippen molar-refractivity contribution < 1.29 is 67.3 Å². The van der Waals surface area contributed by atoms with Gasteiger partial charge in [-0.15, -0.1) is 0 Å². The molecule has 7 rings (SSSR count). The van der Waals surface area contributed by atoms with Gasteiger partial charge in [0.2, 0.25) is 0 Å². The molecular weight excluding hydrogens is 825 g/mol. The van der Waals surface area contributed by atoms with E-state index in [1.807, 2.05) is 0 Å². The third-order valence-electron chi connectivity index (χ3n) is 13.8. The van der Waals surface area contributed by atoms with Gasteiger partial charge in [-0.2, -0.15) is 0 Å². The fourth-order valence-corrected chi connectivity index (χ4v) is 10.6. The first-order valence-electron chi connectivity index (χ1n) is 21.4.